The molecule has 1 amide bonds. The van der Waals surface area contributed by atoms with Gasteiger partial charge < -0.3 is 10.6 Å². The summed E-state index contributed by atoms with van der Waals surface area (Å²) in [6.45, 7) is 3.17. The van der Waals surface area contributed by atoms with E-state index in [1.165, 1.54) is 0 Å². The predicted octanol–water partition coefficient (Wildman–Crippen LogP) is -0.0998. The number of likely N-dealkylation sites (tertiary alicyclic amines) is 1. The minimum Gasteiger partial charge on any atom is -0.358 e. The molecule has 0 radical (unpaired) electrons. The van der Waals surface area contributed by atoms with Gasteiger partial charge in [0, 0.05) is 31.4 Å². The van der Waals surface area contributed by atoms with Crippen LogP contribution in [0.2, 0.25) is 0 Å². The van der Waals surface area contributed by atoms with E-state index in [-0.39, 0.29) is 11.9 Å². The lowest BCUT2D eigenvalue weighted by Crippen LogP contribution is -2.50. The highest BCUT2D eigenvalue weighted by Crippen LogP contribution is 2.27. The van der Waals surface area contributed by atoms with Crippen molar-refractivity contribution in [3.8, 4) is 0 Å². The van der Waals surface area contributed by atoms with Gasteiger partial charge in [0.05, 0.1) is 6.04 Å². The van der Waals surface area contributed by atoms with Gasteiger partial charge in [-0.05, 0) is 25.6 Å². The van der Waals surface area contributed by atoms with Gasteiger partial charge in [0.25, 0.3) is 0 Å². The summed E-state index contributed by atoms with van der Waals surface area (Å²) < 4.78 is 0. The lowest BCUT2D eigenvalue weighted by Gasteiger charge is -2.32. The first-order valence-corrected chi connectivity index (χ1v) is 7.27. The number of rotatable bonds is 3. The first-order chi connectivity index (χ1) is 7.77. The van der Waals surface area contributed by atoms with Crippen LogP contribution >= 0.6 is 11.8 Å². The monoisotopic (exact) mass is 243 g/mol. The Morgan fingerprint density at radius 3 is 3.00 bits per heavy atom. The highest BCUT2D eigenvalue weighted by molar-refractivity contribution is 7.99. The maximum Gasteiger partial charge on any atom is 0.237 e. The van der Waals surface area contributed by atoms with E-state index in [4.69, 9.17) is 0 Å². The number of hydrogen-bond donors (Lipinski definition) is 2. The summed E-state index contributed by atoms with van der Waals surface area (Å²) in [5.74, 6) is 0.184. The summed E-state index contributed by atoms with van der Waals surface area (Å²) in [5, 5.41) is 6.85. The maximum atomic E-state index is 11.8. The van der Waals surface area contributed by atoms with Gasteiger partial charge >= 0.3 is 0 Å². The van der Waals surface area contributed by atoms with Crippen molar-refractivity contribution in [3.05, 3.63) is 0 Å². The summed E-state index contributed by atoms with van der Waals surface area (Å²) in [6, 6.07) is 0.629. The van der Waals surface area contributed by atoms with Crippen LogP contribution in [0.4, 0.5) is 0 Å². The molecule has 3 unspecified atom stereocenters. The first kappa shape index (κ1) is 12.2. The molecule has 2 saturated heterocycles. The molecule has 0 saturated carbocycles. The maximum absolute atomic E-state index is 11.8. The van der Waals surface area contributed by atoms with Crippen molar-refractivity contribution in [1.29, 1.82) is 0 Å². The minimum atomic E-state index is 0.101. The normalized spacial score (nSPS) is 35.5. The Balaban J connectivity index is 2.04. The van der Waals surface area contributed by atoms with Crippen LogP contribution in [0.15, 0.2) is 0 Å². The lowest BCUT2D eigenvalue weighted by molar-refractivity contribution is -0.125. The summed E-state index contributed by atoms with van der Waals surface area (Å²) in [7, 11) is 1.73. The molecule has 16 heavy (non-hydrogen) atoms. The summed E-state index contributed by atoms with van der Waals surface area (Å²) in [6.07, 6.45) is 4.32. The van der Waals surface area contributed by atoms with E-state index in [9.17, 15) is 4.79 Å². The van der Waals surface area contributed by atoms with Crippen LogP contribution in [-0.4, -0.2) is 61.1 Å². The van der Waals surface area contributed by atoms with Crippen molar-refractivity contribution in [2.45, 2.75) is 30.2 Å². The van der Waals surface area contributed by atoms with Crippen molar-refractivity contribution in [2.75, 3.05) is 32.9 Å². The van der Waals surface area contributed by atoms with E-state index in [2.05, 4.69) is 21.8 Å². The second-order valence-electron chi connectivity index (χ2n) is 4.51. The second-order valence-corrected chi connectivity index (χ2v) is 5.59. The number of nitrogens with zero attached hydrogens (tertiary/aromatic N) is 1. The second kappa shape index (κ2) is 5.38. The van der Waals surface area contributed by atoms with Crippen LogP contribution in [-0.2, 0) is 4.79 Å². The number of thioether (sulfide) groups is 1. The van der Waals surface area contributed by atoms with Crippen molar-refractivity contribution >= 4 is 17.7 Å². The molecule has 0 aromatic heterocycles. The molecule has 2 fully saturated rings. The molecular formula is C11H21N3OS. The average molecular weight is 243 g/mol. The molecule has 2 N–H and O–H groups in total. The first-order valence-electron chi connectivity index (χ1n) is 5.98. The summed E-state index contributed by atoms with van der Waals surface area (Å²) in [5.41, 5.74) is 0. The molecule has 2 rings (SSSR count). The zero-order valence-corrected chi connectivity index (χ0v) is 10.8. The van der Waals surface area contributed by atoms with Crippen LogP contribution in [0.3, 0.4) is 0 Å². The van der Waals surface area contributed by atoms with Gasteiger partial charge in [0.2, 0.25) is 5.91 Å². The molecule has 3 atom stereocenters. The topological polar surface area (TPSA) is 44.4 Å². The zero-order valence-electron chi connectivity index (χ0n) is 10.0. The third kappa shape index (κ3) is 2.21. The molecule has 2 aliphatic heterocycles. The molecule has 2 heterocycles. The fourth-order valence-electron chi connectivity index (χ4n) is 2.85. The standard InChI is InChI=1S/C11H21N3OS/c1-12-11(15)8-4-3-5-14(8)9-6-13-7-10(9)16-2/h8-10,13H,3-7H2,1-2H3,(H,12,15). The predicted molar refractivity (Wildman–Crippen MR) is 67.8 cm³/mol. The van der Waals surface area contributed by atoms with Gasteiger partial charge in [0.15, 0.2) is 0 Å². The van der Waals surface area contributed by atoms with Crippen LogP contribution in [0.25, 0.3) is 0 Å². The molecule has 4 nitrogen and oxygen atoms in total. The van der Waals surface area contributed by atoms with E-state index < -0.39 is 0 Å². The van der Waals surface area contributed by atoms with Crippen molar-refractivity contribution < 1.29 is 4.79 Å². The van der Waals surface area contributed by atoms with Crippen LogP contribution in [0.5, 0.6) is 0 Å². The van der Waals surface area contributed by atoms with E-state index in [0.29, 0.717) is 11.3 Å². The van der Waals surface area contributed by atoms with Gasteiger partial charge in [-0.1, -0.05) is 0 Å². The number of amides is 1. The molecule has 0 aromatic carbocycles. The zero-order chi connectivity index (χ0) is 11.5. The Labute approximate surface area is 102 Å². The lowest BCUT2D eigenvalue weighted by atomic mass is 10.1. The van der Waals surface area contributed by atoms with Crippen molar-refractivity contribution in [1.82, 2.24) is 15.5 Å². The van der Waals surface area contributed by atoms with Gasteiger partial charge in [-0.15, -0.1) is 0 Å². The van der Waals surface area contributed by atoms with Crippen LogP contribution < -0.4 is 10.6 Å². The highest BCUT2D eigenvalue weighted by Gasteiger charge is 2.40. The number of likely N-dealkylation sites (N-methyl/N-ethyl adjacent to an activating group) is 1. The highest BCUT2D eigenvalue weighted by atomic mass is 32.2. The van der Waals surface area contributed by atoms with Gasteiger partial charge in [-0.2, -0.15) is 11.8 Å². The Kier molecular flexibility index (Phi) is 4.10. The molecule has 0 spiro atoms. The SMILES string of the molecule is CNC(=O)C1CCCN1C1CNCC1SC. The third-order valence-corrected chi connectivity index (χ3v) is 4.79. The van der Waals surface area contributed by atoms with Crippen LogP contribution in [0, 0.1) is 0 Å². The van der Waals surface area contributed by atoms with Crippen molar-refractivity contribution in [2.24, 2.45) is 0 Å². The Morgan fingerprint density at radius 1 is 1.50 bits per heavy atom. The molecule has 92 valence electrons. The molecule has 0 aliphatic carbocycles. The molecule has 5 heteroatoms. The van der Waals surface area contributed by atoms with Gasteiger partial charge in [-0.25, -0.2) is 0 Å². The fourth-order valence-corrected chi connectivity index (χ4v) is 3.70. The smallest absolute Gasteiger partial charge is 0.237 e. The van der Waals surface area contributed by atoms with Gasteiger partial charge in [-0.3, -0.25) is 9.69 Å². The largest absolute Gasteiger partial charge is 0.358 e. The minimum absolute atomic E-state index is 0.101. The van der Waals surface area contributed by atoms with Crippen molar-refractivity contribution in [3.63, 3.8) is 0 Å². The van der Waals surface area contributed by atoms with E-state index in [1.54, 1.807) is 7.05 Å². The average Bonchev–Trinajstić information content (AvgIpc) is 2.94. The summed E-state index contributed by atoms with van der Waals surface area (Å²) >= 11 is 1.91. The molecular weight excluding hydrogens is 222 g/mol. The summed E-state index contributed by atoms with van der Waals surface area (Å²) in [4.78, 5) is 14.2. The Hall–Kier alpha value is -0.260. The number of hydrogen-bond acceptors (Lipinski definition) is 4. The molecule has 2 aliphatic rings. The third-order valence-electron chi connectivity index (χ3n) is 3.70. The van der Waals surface area contributed by atoms with E-state index in [1.807, 2.05) is 11.8 Å². The molecule has 0 aromatic rings. The number of carbonyl (C=O) groups excluding carboxylic acids is 1. The van der Waals surface area contributed by atoms with E-state index in [0.717, 1.165) is 32.5 Å². The van der Waals surface area contributed by atoms with Crippen LogP contribution in [0.1, 0.15) is 12.8 Å². The molecule has 0 bridgehead atoms. The number of nitrogens with one attached hydrogen (secondary N) is 2. The quantitative estimate of drug-likeness (QED) is 0.726. The number of carbonyl (C=O) groups is 1. The van der Waals surface area contributed by atoms with Gasteiger partial charge in [0.1, 0.15) is 0 Å². The van der Waals surface area contributed by atoms with E-state index >= 15 is 0 Å². The Bertz CT molecular complexity index is 262. The fraction of sp³-hybridized carbons (Fsp3) is 0.909. The Morgan fingerprint density at radius 2 is 2.31 bits per heavy atom.